The van der Waals surface area contributed by atoms with E-state index in [-0.39, 0.29) is 43.3 Å². The smallest absolute Gasteiger partial charge is 0.243 e. The lowest BCUT2D eigenvalue weighted by Crippen LogP contribution is -2.44. The Labute approximate surface area is 218 Å². The van der Waals surface area contributed by atoms with Crippen molar-refractivity contribution in [2.24, 2.45) is 5.92 Å². The fourth-order valence-corrected chi connectivity index (χ4v) is 7.15. The largest absolute Gasteiger partial charge is 0.467 e. The Morgan fingerprint density at radius 3 is 2.61 bits per heavy atom. The second-order valence-electron chi connectivity index (χ2n) is 8.37. The first-order chi connectivity index (χ1) is 17.2. The number of carbonyl (C=O) groups excluding carboxylic acids is 1. The van der Waals surface area contributed by atoms with Gasteiger partial charge in [0.2, 0.25) is 15.9 Å². The van der Waals surface area contributed by atoms with E-state index in [1.807, 2.05) is 18.2 Å². The average Bonchev–Trinajstić information content (AvgIpc) is 3.53. The van der Waals surface area contributed by atoms with Crippen LogP contribution in [-0.4, -0.2) is 36.7 Å². The molecule has 3 heterocycles. The van der Waals surface area contributed by atoms with E-state index in [0.717, 1.165) is 26.8 Å². The second-order valence-corrected chi connectivity index (χ2v) is 12.2. The van der Waals surface area contributed by atoms with Gasteiger partial charge in [-0.25, -0.2) is 22.2 Å². The zero-order valence-corrected chi connectivity index (χ0v) is 22.0. The molecule has 0 unspecified atom stereocenters. The molecule has 36 heavy (non-hydrogen) atoms. The molecule has 1 amide bonds. The number of rotatable bonds is 6. The summed E-state index contributed by atoms with van der Waals surface area (Å²) < 4.78 is 61.3. The average molecular weight is 596 g/mol. The summed E-state index contributed by atoms with van der Waals surface area (Å²) in [6.45, 7) is 0.360. The van der Waals surface area contributed by atoms with Crippen LogP contribution in [0, 0.1) is 17.6 Å². The van der Waals surface area contributed by atoms with E-state index in [0.29, 0.717) is 17.0 Å². The Kier molecular flexibility index (Phi) is 6.95. The normalized spacial score (nSPS) is 15.4. The van der Waals surface area contributed by atoms with Crippen molar-refractivity contribution in [2.75, 3.05) is 18.0 Å². The molecule has 12 heteroatoms. The topological polar surface area (TPSA) is 83.7 Å². The Morgan fingerprint density at radius 2 is 1.92 bits per heavy atom. The number of benzene rings is 2. The molecule has 1 aliphatic rings. The summed E-state index contributed by atoms with van der Waals surface area (Å²) in [6, 6.07) is 11.7. The summed E-state index contributed by atoms with van der Waals surface area (Å²) in [6.07, 6.45) is 2.11. The van der Waals surface area contributed by atoms with Gasteiger partial charge in [-0.1, -0.05) is 27.3 Å². The molecule has 1 aliphatic heterocycles. The molecule has 0 radical (unpaired) electrons. The Morgan fingerprint density at radius 1 is 1.14 bits per heavy atom. The Balaban J connectivity index is 1.36. The zero-order valence-electron chi connectivity index (χ0n) is 18.7. The van der Waals surface area contributed by atoms with Gasteiger partial charge < -0.3 is 4.42 Å². The molecule has 5 rings (SSSR count). The predicted molar refractivity (Wildman–Crippen MR) is 135 cm³/mol. The van der Waals surface area contributed by atoms with Crippen LogP contribution in [0.5, 0.6) is 0 Å². The molecule has 0 spiro atoms. The van der Waals surface area contributed by atoms with Crippen molar-refractivity contribution >= 4 is 58.5 Å². The van der Waals surface area contributed by atoms with Crippen LogP contribution in [0.25, 0.3) is 10.2 Å². The lowest BCUT2D eigenvalue weighted by molar-refractivity contribution is -0.123. The van der Waals surface area contributed by atoms with Crippen molar-refractivity contribution in [3.05, 3.63) is 76.7 Å². The first-order valence-electron chi connectivity index (χ1n) is 11.1. The van der Waals surface area contributed by atoms with Crippen LogP contribution in [0.4, 0.5) is 13.9 Å². The first-order valence-corrected chi connectivity index (χ1v) is 14.1. The maximum absolute atomic E-state index is 13.7. The summed E-state index contributed by atoms with van der Waals surface area (Å²) in [7, 11) is -4.01. The van der Waals surface area contributed by atoms with Crippen molar-refractivity contribution in [2.45, 2.75) is 24.3 Å². The van der Waals surface area contributed by atoms with E-state index in [1.54, 1.807) is 17.0 Å². The minimum absolute atomic E-state index is 0.0825. The quantitative estimate of drug-likeness (QED) is 0.291. The summed E-state index contributed by atoms with van der Waals surface area (Å²) in [5.74, 6) is -2.35. The number of amides is 1. The Bertz CT molecular complexity index is 1520. The molecule has 0 atom stereocenters. The lowest BCUT2D eigenvalue weighted by Gasteiger charge is -2.32. The third kappa shape index (κ3) is 4.95. The van der Waals surface area contributed by atoms with Crippen LogP contribution in [0.2, 0.25) is 0 Å². The summed E-state index contributed by atoms with van der Waals surface area (Å²) in [5, 5.41) is 0.529. The molecule has 1 saturated heterocycles. The summed E-state index contributed by atoms with van der Waals surface area (Å²) >= 11 is 4.84. The number of sulfonamides is 1. The van der Waals surface area contributed by atoms with Crippen LogP contribution in [0.15, 0.2) is 68.6 Å². The van der Waals surface area contributed by atoms with Crippen LogP contribution < -0.4 is 4.90 Å². The molecule has 0 bridgehead atoms. The van der Waals surface area contributed by atoms with Crippen LogP contribution in [0.1, 0.15) is 18.6 Å². The van der Waals surface area contributed by atoms with Gasteiger partial charge in [0, 0.05) is 23.5 Å². The van der Waals surface area contributed by atoms with E-state index in [1.165, 1.54) is 21.9 Å². The fourth-order valence-electron chi connectivity index (χ4n) is 4.15. The monoisotopic (exact) mass is 595 g/mol. The number of nitrogens with zero attached hydrogens (tertiary/aromatic N) is 3. The zero-order chi connectivity index (χ0) is 25.4. The number of furan rings is 1. The first kappa shape index (κ1) is 25.0. The van der Waals surface area contributed by atoms with Gasteiger partial charge in [-0.2, -0.15) is 4.31 Å². The van der Waals surface area contributed by atoms with Gasteiger partial charge in [0.1, 0.15) is 5.76 Å². The van der Waals surface area contributed by atoms with Gasteiger partial charge in [-0.15, -0.1) is 0 Å². The van der Waals surface area contributed by atoms with Crippen LogP contribution >= 0.6 is 27.3 Å². The van der Waals surface area contributed by atoms with Gasteiger partial charge in [0.05, 0.1) is 27.9 Å². The molecule has 4 aromatic rings. The molecule has 0 aliphatic carbocycles. The maximum atomic E-state index is 13.7. The summed E-state index contributed by atoms with van der Waals surface area (Å²) in [5.41, 5.74) is 0.767. The lowest BCUT2D eigenvalue weighted by atomic mass is 9.96. The Hall–Kier alpha value is -2.67. The number of halogens is 3. The molecule has 2 aromatic heterocycles. The van der Waals surface area contributed by atoms with Gasteiger partial charge in [-0.3, -0.25) is 9.69 Å². The number of piperidine rings is 1. The highest BCUT2D eigenvalue weighted by atomic mass is 79.9. The van der Waals surface area contributed by atoms with Crippen LogP contribution in [-0.2, 0) is 21.4 Å². The van der Waals surface area contributed by atoms with Crippen molar-refractivity contribution in [1.82, 2.24) is 9.29 Å². The fraction of sp³-hybridized carbons (Fsp3) is 0.250. The number of fused-ring (bicyclic) bond motifs is 1. The molecule has 188 valence electrons. The van der Waals surface area contributed by atoms with E-state index in [9.17, 15) is 22.0 Å². The minimum Gasteiger partial charge on any atom is -0.467 e. The predicted octanol–water partition coefficient (Wildman–Crippen LogP) is 5.56. The number of thiazole rings is 1. The summed E-state index contributed by atoms with van der Waals surface area (Å²) in [4.78, 5) is 19.6. The van der Waals surface area contributed by atoms with E-state index >= 15 is 0 Å². The standard InChI is InChI=1S/C24H20BrF2N3O4S2/c25-16-3-6-21-22(12-16)35-24(28-21)30(14-17-2-1-11-34-17)23(31)15-7-9-29(10-8-15)36(32,33)18-4-5-19(26)20(27)13-18/h1-6,11-13,15H,7-10,14H2. The van der Waals surface area contributed by atoms with Crippen molar-refractivity contribution < 1.29 is 26.4 Å². The highest BCUT2D eigenvalue weighted by Crippen LogP contribution is 2.34. The van der Waals surface area contributed by atoms with E-state index in [4.69, 9.17) is 4.42 Å². The van der Waals surface area contributed by atoms with Gasteiger partial charge in [0.25, 0.3) is 0 Å². The number of anilines is 1. The maximum Gasteiger partial charge on any atom is 0.243 e. The minimum atomic E-state index is -4.01. The third-order valence-corrected chi connectivity index (χ3v) is 9.49. The van der Waals surface area contributed by atoms with Crippen molar-refractivity contribution in [1.29, 1.82) is 0 Å². The molecular weight excluding hydrogens is 576 g/mol. The molecule has 2 aromatic carbocycles. The van der Waals surface area contributed by atoms with Gasteiger partial charge in [-0.05, 0) is 61.4 Å². The molecule has 7 nitrogen and oxygen atoms in total. The SMILES string of the molecule is O=C(C1CCN(S(=O)(=O)c2ccc(F)c(F)c2)CC1)N(Cc1ccco1)c1nc2ccc(Br)cc2s1. The van der Waals surface area contributed by atoms with Crippen LogP contribution in [0.3, 0.4) is 0 Å². The van der Waals surface area contributed by atoms with E-state index < -0.39 is 27.6 Å². The van der Waals surface area contributed by atoms with Crippen molar-refractivity contribution in [3.8, 4) is 0 Å². The molecule has 0 saturated carbocycles. The van der Waals surface area contributed by atoms with Crippen molar-refractivity contribution in [3.63, 3.8) is 0 Å². The third-order valence-electron chi connectivity index (χ3n) is 6.06. The number of hydrogen-bond donors (Lipinski definition) is 0. The van der Waals surface area contributed by atoms with E-state index in [2.05, 4.69) is 20.9 Å². The highest BCUT2D eigenvalue weighted by molar-refractivity contribution is 9.10. The number of aromatic nitrogens is 1. The number of hydrogen-bond acceptors (Lipinski definition) is 6. The second kappa shape index (κ2) is 10.0. The van der Waals surface area contributed by atoms with Gasteiger partial charge in [0.15, 0.2) is 16.8 Å². The number of carbonyl (C=O) groups is 1. The highest BCUT2D eigenvalue weighted by Gasteiger charge is 2.35. The van der Waals surface area contributed by atoms with Gasteiger partial charge >= 0.3 is 0 Å². The molecular formula is C24H20BrF2N3O4S2. The molecule has 0 N–H and O–H groups in total. The molecule has 1 fully saturated rings.